The van der Waals surface area contributed by atoms with E-state index >= 15 is 0 Å². The van der Waals surface area contributed by atoms with Crippen LogP contribution in [0.15, 0.2) is 71.9 Å². The zero-order chi connectivity index (χ0) is 19.9. The highest BCUT2D eigenvalue weighted by atomic mass is 35.5. The Morgan fingerprint density at radius 1 is 1.14 bits per heavy atom. The fraction of sp³-hybridized carbons (Fsp3) is 0.150. The van der Waals surface area contributed by atoms with Crippen molar-refractivity contribution in [3.8, 4) is 5.69 Å². The maximum atomic E-state index is 12.2. The van der Waals surface area contributed by atoms with Crippen LogP contribution in [-0.2, 0) is 9.59 Å². The fourth-order valence-corrected chi connectivity index (χ4v) is 3.42. The zero-order valence-corrected chi connectivity index (χ0v) is 16.7. The summed E-state index contributed by atoms with van der Waals surface area (Å²) in [5.41, 5.74) is 1.54. The van der Waals surface area contributed by atoms with Gasteiger partial charge in [0.1, 0.15) is 0 Å². The molecule has 8 heteroatoms. The van der Waals surface area contributed by atoms with Crippen LogP contribution in [0.5, 0.6) is 0 Å². The number of anilines is 1. The maximum absolute atomic E-state index is 12.2. The van der Waals surface area contributed by atoms with Crippen LogP contribution in [0.1, 0.15) is 6.92 Å². The molecule has 1 heterocycles. The van der Waals surface area contributed by atoms with Crippen molar-refractivity contribution in [1.82, 2.24) is 15.1 Å². The molecule has 144 valence electrons. The summed E-state index contributed by atoms with van der Waals surface area (Å²) in [5.74, 6) is -0.493. The van der Waals surface area contributed by atoms with Crippen LogP contribution in [0, 0.1) is 0 Å². The van der Waals surface area contributed by atoms with Gasteiger partial charge in [-0.25, -0.2) is 4.68 Å². The first-order chi connectivity index (χ1) is 13.5. The van der Waals surface area contributed by atoms with E-state index < -0.39 is 0 Å². The number of hydrogen-bond acceptors (Lipinski definition) is 4. The summed E-state index contributed by atoms with van der Waals surface area (Å²) in [6, 6.07) is 16.4. The highest BCUT2D eigenvalue weighted by Gasteiger charge is 2.15. The summed E-state index contributed by atoms with van der Waals surface area (Å²) >= 11 is 7.26. The summed E-state index contributed by atoms with van der Waals surface area (Å²) < 4.78 is 1.73. The number of thioether (sulfide) groups is 1. The molecule has 2 N–H and O–H groups in total. The quantitative estimate of drug-likeness (QED) is 0.577. The van der Waals surface area contributed by atoms with Crippen molar-refractivity contribution in [2.24, 2.45) is 0 Å². The highest BCUT2D eigenvalue weighted by molar-refractivity contribution is 8.00. The minimum atomic E-state index is -0.331. The first kappa shape index (κ1) is 20.0. The van der Waals surface area contributed by atoms with Gasteiger partial charge in [-0.05, 0) is 61.5 Å². The molecule has 0 fully saturated rings. The fourth-order valence-electron chi connectivity index (χ4n) is 2.41. The van der Waals surface area contributed by atoms with E-state index in [9.17, 15) is 9.59 Å². The summed E-state index contributed by atoms with van der Waals surface area (Å²) in [4.78, 5) is 25.2. The number of aromatic nitrogens is 2. The van der Waals surface area contributed by atoms with Gasteiger partial charge < -0.3 is 10.6 Å². The minimum Gasteiger partial charge on any atom is -0.346 e. The summed E-state index contributed by atoms with van der Waals surface area (Å²) in [7, 11) is 0. The molecule has 6 nitrogen and oxygen atoms in total. The molecule has 28 heavy (non-hydrogen) atoms. The summed E-state index contributed by atoms with van der Waals surface area (Å²) in [6.45, 7) is 1.70. The van der Waals surface area contributed by atoms with E-state index in [1.54, 1.807) is 42.1 Å². The van der Waals surface area contributed by atoms with Gasteiger partial charge in [0, 0.05) is 28.0 Å². The van der Waals surface area contributed by atoms with Crippen LogP contribution in [0.25, 0.3) is 5.69 Å². The first-order valence-corrected chi connectivity index (χ1v) is 9.87. The number of amides is 2. The van der Waals surface area contributed by atoms with Gasteiger partial charge in [-0.3, -0.25) is 9.59 Å². The normalized spacial score (nSPS) is 11.6. The second kappa shape index (κ2) is 9.43. The van der Waals surface area contributed by atoms with Crippen molar-refractivity contribution in [2.45, 2.75) is 17.1 Å². The van der Waals surface area contributed by atoms with Crippen LogP contribution in [-0.4, -0.2) is 33.4 Å². The number of nitrogens with zero attached hydrogens (tertiary/aromatic N) is 2. The molecule has 3 aromatic rings. The van der Waals surface area contributed by atoms with Crippen LogP contribution in [0.3, 0.4) is 0 Å². The molecule has 3 rings (SSSR count). The Bertz CT molecular complexity index is 928. The number of rotatable bonds is 7. The SMILES string of the molecule is CC(Sc1ccc(Cl)cc1)C(=O)NCC(=O)Nc1ccc(-n2cccn2)cc1. The Kier molecular flexibility index (Phi) is 6.73. The third-order valence-corrected chi connectivity index (χ3v) is 5.20. The molecule has 1 aromatic heterocycles. The lowest BCUT2D eigenvalue weighted by molar-refractivity contribution is -0.123. The zero-order valence-electron chi connectivity index (χ0n) is 15.1. The number of carbonyl (C=O) groups is 2. The average Bonchev–Trinajstić information content (AvgIpc) is 3.23. The van der Waals surface area contributed by atoms with Gasteiger partial charge in [0.05, 0.1) is 17.5 Å². The Morgan fingerprint density at radius 2 is 1.86 bits per heavy atom. The molecule has 2 amide bonds. The number of nitrogens with one attached hydrogen (secondary N) is 2. The van der Waals surface area contributed by atoms with Gasteiger partial charge in [0.2, 0.25) is 11.8 Å². The molecule has 0 radical (unpaired) electrons. The average molecular weight is 415 g/mol. The largest absolute Gasteiger partial charge is 0.346 e. The predicted octanol–water partition coefficient (Wildman–Crippen LogP) is 3.76. The first-order valence-electron chi connectivity index (χ1n) is 8.61. The number of carbonyl (C=O) groups excluding carboxylic acids is 2. The lowest BCUT2D eigenvalue weighted by atomic mass is 10.3. The molecule has 0 bridgehead atoms. The Morgan fingerprint density at radius 3 is 2.50 bits per heavy atom. The van der Waals surface area contributed by atoms with Crippen LogP contribution < -0.4 is 10.6 Å². The lowest BCUT2D eigenvalue weighted by Crippen LogP contribution is -2.37. The molecule has 0 saturated heterocycles. The number of benzene rings is 2. The van der Waals surface area contributed by atoms with E-state index in [4.69, 9.17) is 11.6 Å². The second-order valence-corrected chi connectivity index (χ2v) is 7.83. The molecule has 2 aromatic carbocycles. The molecular formula is C20H19ClN4O2S. The standard InChI is InChI=1S/C20H19ClN4O2S/c1-14(28-18-9-3-15(21)4-10-18)20(27)22-13-19(26)24-16-5-7-17(8-6-16)25-12-2-11-23-25/h2-12,14H,13H2,1H3,(H,22,27)(H,24,26). The summed E-state index contributed by atoms with van der Waals surface area (Å²) in [5, 5.41) is 9.88. The third-order valence-electron chi connectivity index (χ3n) is 3.84. The van der Waals surface area contributed by atoms with Crippen molar-refractivity contribution < 1.29 is 9.59 Å². The smallest absolute Gasteiger partial charge is 0.243 e. The molecule has 0 aliphatic rings. The van der Waals surface area contributed by atoms with Gasteiger partial charge in [-0.15, -0.1) is 11.8 Å². The van der Waals surface area contributed by atoms with Crippen LogP contribution >= 0.6 is 23.4 Å². The van der Waals surface area contributed by atoms with E-state index in [0.29, 0.717) is 10.7 Å². The Balaban J connectivity index is 1.45. The second-order valence-electron chi connectivity index (χ2n) is 5.98. The topological polar surface area (TPSA) is 76.0 Å². The number of halogens is 1. The highest BCUT2D eigenvalue weighted by Crippen LogP contribution is 2.24. The van der Waals surface area contributed by atoms with Gasteiger partial charge in [-0.1, -0.05) is 11.6 Å². The molecule has 0 saturated carbocycles. The molecule has 0 spiro atoms. The van der Waals surface area contributed by atoms with Crippen LogP contribution in [0.2, 0.25) is 5.02 Å². The van der Waals surface area contributed by atoms with E-state index in [1.165, 1.54) is 11.8 Å². The molecule has 0 aliphatic heterocycles. The minimum absolute atomic E-state index is 0.0920. The van der Waals surface area contributed by atoms with E-state index in [2.05, 4.69) is 15.7 Å². The molecule has 1 unspecified atom stereocenters. The van der Waals surface area contributed by atoms with Gasteiger partial charge in [0.25, 0.3) is 0 Å². The monoisotopic (exact) mass is 414 g/mol. The molecule has 0 aliphatic carbocycles. The van der Waals surface area contributed by atoms with Crippen molar-refractivity contribution in [1.29, 1.82) is 0 Å². The van der Waals surface area contributed by atoms with Crippen molar-refractivity contribution in [3.05, 3.63) is 72.0 Å². The van der Waals surface area contributed by atoms with Gasteiger partial charge in [-0.2, -0.15) is 5.10 Å². The van der Waals surface area contributed by atoms with Crippen molar-refractivity contribution >= 4 is 40.9 Å². The maximum Gasteiger partial charge on any atom is 0.243 e. The van der Waals surface area contributed by atoms with Crippen molar-refractivity contribution in [2.75, 3.05) is 11.9 Å². The van der Waals surface area contributed by atoms with E-state index in [1.807, 2.05) is 36.5 Å². The van der Waals surface area contributed by atoms with Gasteiger partial charge in [0.15, 0.2) is 0 Å². The van der Waals surface area contributed by atoms with Crippen LogP contribution in [0.4, 0.5) is 5.69 Å². The summed E-state index contributed by atoms with van der Waals surface area (Å²) in [6.07, 6.45) is 3.54. The van der Waals surface area contributed by atoms with Crippen molar-refractivity contribution in [3.63, 3.8) is 0 Å². The third kappa shape index (κ3) is 5.61. The Hall–Kier alpha value is -2.77. The molecule has 1 atom stereocenters. The van der Waals surface area contributed by atoms with Gasteiger partial charge >= 0.3 is 0 Å². The Labute approximate surface area is 172 Å². The predicted molar refractivity (Wildman–Crippen MR) is 112 cm³/mol. The van der Waals surface area contributed by atoms with E-state index in [-0.39, 0.29) is 23.6 Å². The lowest BCUT2D eigenvalue weighted by Gasteiger charge is -2.12. The number of hydrogen-bond donors (Lipinski definition) is 2. The molecular weight excluding hydrogens is 396 g/mol. The van der Waals surface area contributed by atoms with E-state index in [0.717, 1.165) is 10.6 Å².